The number of nitrogens with one attached hydrogen (secondary N) is 3. The third kappa shape index (κ3) is 8.68. The van der Waals surface area contributed by atoms with E-state index in [1.807, 2.05) is 67.6 Å². The highest BCUT2D eigenvalue weighted by molar-refractivity contribution is 6.44. The maximum absolute atomic E-state index is 13.8. The van der Waals surface area contributed by atoms with Crippen LogP contribution in [-0.4, -0.2) is 111 Å². The Morgan fingerprint density at radius 2 is 1.47 bits per heavy atom. The van der Waals surface area contributed by atoms with Gasteiger partial charge in [0.05, 0.1) is 65.6 Å². The van der Waals surface area contributed by atoms with E-state index < -0.39 is 11.7 Å². The van der Waals surface area contributed by atoms with Crippen molar-refractivity contribution in [3.8, 4) is 39.9 Å². The van der Waals surface area contributed by atoms with Gasteiger partial charge >= 0.3 is 0 Å². The van der Waals surface area contributed by atoms with E-state index in [2.05, 4.69) is 42.1 Å². The summed E-state index contributed by atoms with van der Waals surface area (Å²) >= 11 is 0. The Morgan fingerprint density at radius 3 is 2.28 bits per heavy atom. The number of imidazole rings is 2. The lowest BCUT2D eigenvalue weighted by atomic mass is 10.1. The molecule has 0 atom stereocenters. The van der Waals surface area contributed by atoms with Crippen LogP contribution in [0, 0.1) is 6.92 Å². The minimum Gasteiger partial charge on any atom is -0.508 e. The summed E-state index contributed by atoms with van der Waals surface area (Å²) in [5.74, 6) is 0.0120. The average molecular weight is 766 g/mol. The molecule has 0 spiro atoms. The Bertz CT molecular complexity index is 2540. The molecule has 1 aliphatic heterocycles. The molecule has 1 fully saturated rings. The van der Waals surface area contributed by atoms with Gasteiger partial charge in [-0.1, -0.05) is 12.1 Å². The molecule has 57 heavy (non-hydrogen) atoms. The number of aromatic nitrogens is 6. The standard InChI is InChI=1S/C43H43N9O5/c1-27-5-3-7-34(45-27)35-8-4-6-30(46-35)26-57-22-21-56-20-15-44-43(55)40(54)33-24-31(52-18-16-51(2)17-19-52)25-38-39(33)50-42(49-38)29-11-14-36-37(23-29)48-41(47-36)28-9-12-32(53)13-10-28/h3-14,23-25,53H,15-22,26H2,1-2H3,(H,44,55)(H,47,48)(H,49,50). The number of fused-ring (bicyclic) bond motifs is 2. The summed E-state index contributed by atoms with van der Waals surface area (Å²) < 4.78 is 11.4. The van der Waals surface area contributed by atoms with E-state index in [0.29, 0.717) is 42.5 Å². The molecule has 0 radical (unpaired) electrons. The number of aromatic amines is 2. The van der Waals surface area contributed by atoms with E-state index >= 15 is 0 Å². The van der Waals surface area contributed by atoms with Crippen LogP contribution < -0.4 is 10.2 Å². The zero-order valence-corrected chi connectivity index (χ0v) is 31.8. The number of likely N-dealkylation sites (N-methyl/N-ethyl adjacent to an activating group) is 1. The summed E-state index contributed by atoms with van der Waals surface area (Å²) in [6.45, 7) is 6.63. The predicted octanol–water partition coefficient (Wildman–Crippen LogP) is 5.53. The number of ether oxygens (including phenoxy) is 2. The van der Waals surface area contributed by atoms with Gasteiger partial charge in [0.2, 0.25) is 0 Å². The van der Waals surface area contributed by atoms with Crippen LogP contribution >= 0.6 is 0 Å². The highest BCUT2D eigenvalue weighted by Gasteiger charge is 2.25. The molecule has 1 amide bonds. The van der Waals surface area contributed by atoms with Gasteiger partial charge in [-0.3, -0.25) is 14.6 Å². The summed E-state index contributed by atoms with van der Waals surface area (Å²) in [4.78, 5) is 57.1. The second-order valence-electron chi connectivity index (χ2n) is 14.1. The van der Waals surface area contributed by atoms with Crippen molar-refractivity contribution in [2.24, 2.45) is 0 Å². The molecule has 14 nitrogen and oxygen atoms in total. The van der Waals surface area contributed by atoms with Crippen molar-refractivity contribution in [2.45, 2.75) is 13.5 Å². The van der Waals surface area contributed by atoms with E-state index in [0.717, 1.165) is 76.8 Å². The van der Waals surface area contributed by atoms with Gasteiger partial charge in [-0.25, -0.2) is 15.0 Å². The number of Topliss-reactive ketones (excluding diaryl/α,β-unsaturated/α-hetero) is 1. The lowest BCUT2D eigenvalue weighted by molar-refractivity contribution is -0.117. The van der Waals surface area contributed by atoms with Crippen LogP contribution in [0.5, 0.6) is 5.75 Å². The zero-order valence-electron chi connectivity index (χ0n) is 31.8. The number of carbonyl (C=O) groups is 2. The molecule has 1 aliphatic rings. The number of benzene rings is 3. The van der Waals surface area contributed by atoms with Crippen LogP contribution in [0.1, 0.15) is 21.7 Å². The molecule has 0 saturated carbocycles. The first-order valence-electron chi connectivity index (χ1n) is 18.9. The van der Waals surface area contributed by atoms with Crippen molar-refractivity contribution in [2.75, 3.05) is 64.5 Å². The summed E-state index contributed by atoms with van der Waals surface area (Å²) in [5.41, 5.74) is 8.67. The van der Waals surface area contributed by atoms with Crippen molar-refractivity contribution < 1.29 is 24.2 Å². The SMILES string of the molecule is Cc1cccc(-c2cccc(COCCOCCNC(=O)C(=O)c3cc(N4CCN(C)CC4)cc4[nH]c(-c5ccc6nc(-c7ccc(O)cc7)[nH]c6c5)nc34)n2)n1. The summed E-state index contributed by atoms with van der Waals surface area (Å²) in [5, 5.41) is 12.4. The number of H-pyrrole nitrogens is 2. The minimum atomic E-state index is -0.731. The van der Waals surface area contributed by atoms with Gasteiger partial charge < -0.3 is 39.7 Å². The Kier molecular flexibility index (Phi) is 11.0. The lowest BCUT2D eigenvalue weighted by Gasteiger charge is -2.34. The van der Waals surface area contributed by atoms with Crippen molar-refractivity contribution in [3.63, 3.8) is 0 Å². The van der Waals surface area contributed by atoms with Gasteiger partial charge in [0.1, 0.15) is 22.9 Å². The molecule has 7 aromatic rings. The first-order chi connectivity index (χ1) is 27.8. The number of pyridine rings is 2. The molecule has 1 saturated heterocycles. The summed E-state index contributed by atoms with van der Waals surface area (Å²) in [6.07, 6.45) is 0. The number of rotatable bonds is 14. The monoisotopic (exact) mass is 765 g/mol. The number of nitrogens with zero attached hydrogens (tertiary/aromatic N) is 6. The first kappa shape index (κ1) is 37.4. The number of carbonyl (C=O) groups excluding carboxylic acids is 2. The number of phenolic OH excluding ortho intramolecular Hbond substituents is 1. The molecule has 4 N–H and O–H groups in total. The number of piperazine rings is 1. The highest BCUT2D eigenvalue weighted by atomic mass is 16.5. The Balaban J connectivity index is 0.908. The van der Waals surface area contributed by atoms with Crippen LogP contribution in [-0.2, 0) is 20.9 Å². The third-order valence-corrected chi connectivity index (χ3v) is 9.90. The number of aryl methyl sites for hydroxylation is 1. The number of hydrogen-bond acceptors (Lipinski definition) is 11. The molecule has 0 unspecified atom stereocenters. The Labute approximate surface area is 328 Å². The zero-order chi connectivity index (χ0) is 39.3. The van der Waals surface area contributed by atoms with Crippen LogP contribution in [0.4, 0.5) is 5.69 Å². The fourth-order valence-electron chi connectivity index (χ4n) is 6.80. The molecular weight excluding hydrogens is 723 g/mol. The van der Waals surface area contributed by atoms with E-state index in [1.165, 1.54) is 0 Å². The number of amides is 1. The lowest BCUT2D eigenvalue weighted by Crippen LogP contribution is -2.44. The molecule has 8 rings (SSSR count). The number of anilines is 1. The smallest absolute Gasteiger partial charge is 0.292 e. The van der Waals surface area contributed by atoms with Crippen LogP contribution in [0.15, 0.2) is 91.0 Å². The molecule has 5 heterocycles. The number of phenols is 1. The Morgan fingerprint density at radius 1 is 0.754 bits per heavy atom. The quantitative estimate of drug-likeness (QED) is 0.0623. The van der Waals surface area contributed by atoms with E-state index in [-0.39, 0.29) is 24.5 Å². The molecule has 4 aromatic heterocycles. The van der Waals surface area contributed by atoms with Gasteiger partial charge in [-0.05, 0) is 92.8 Å². The maximum atomic E-state index is 13.8. The fourth-order valence-corrected chi connectivity index (χ4v) is 6.80. The second-order valence-corrected chi connectivity index (χ2v) is 14.1. The van der Waals surface area contributed by atoms with E-state index in [4.69, 9.17) is 19.4 Å². The molecule has 0 aliphatic carbocycles. The van der Waals surface area contributed by atoms with Gasteiger partial charge in [0.25, 0.3) is 11.7 Å². The molecular formula is C43H43N9O5. The van der Waals surface area contributed by atoms with Crippen LogP contribution in [0.2, 0.25) is 0 Å². The topological polar surface area (TPSA) is 174 Å². The van der Waals surface area contributed by atoms with Crippen molar-refractivity contribution >= 4 is 39.4 Å². The predicted molar refractivity (Wildman–Crippen MR) is 218 cm³/mol. The van der Waals surface area contributed by atoms with E-state index in [1.54, 1.807) is 30.3 Å². The second kappa shape index (κ2) is 16.7. The van der Waals surface area contributed by atoms with Crippen molar-refractivity contribution in [3.05, 3.63) is 108 Å². The average Bonchev–Trinajstić information content (AvgIpc) is 3.86. The van der Waals surface area contributed by atoms with Crippen molar-refractivity contribution in [1.29, 1.82) is 0 Å². The Hall–Kier alpha value is -6.48. The highest BCUT2D eigenvalue weighted by Crippen LogP contribution is 2.31. The molecule has 0 bridgehead atoms. The van der Waals surface area contributed by atoms with Gasteiger partial charge in [0.15, 0.2) is 0 Å². The van der Waals surface area contributed by atoms with Gasteiger partial charge in [-0.2, -0.15) is 0 Å². The molecule has 290 valence electrons. The largest absolute Gasteiger partial charge is 0.508 e. The molecule has 14 heteroatoms. The fraction of sp³-hybridized carbons (Fsp3) is 0.256. The number of hydrogen-bond donors (Lipinski definition) is 4. The normalized spacial score (nSPS) is 13.4. The van der Waals surface area contributed by atoms with E-state index in [9.17, 15) is 14.7 Å². The third-order valence-electron chi connectivity index (χ3n) is 9.90. The van der Waals surface area contributed by atoms with Crippen LogP contribution in [0.25, 0.3) is 56.2 Å². The van der Waals surface area contributed by atoms with Gasteiger partial charge in [0, 0.05) is 55.2 Å². The summed E-state index contributed by atoms with van der Waals surface area (Å²) in [7, 11) is 2.09. The summed E-state index contributed by atoms with van der Waals surface area (Å²) in [6, 6.07) is 28.0. The van der Waals surface area contributed by atoms with Crippen LogP contribution in [0.3, 0.4) is 0 Å². The first-order valence-corrected chi connectivity index (χ1v) is 18.9. The van der Waals surface area contributed by atoms with Gasteiger partial charge in [-0.15, -0.1) is 0 Å². The number of ketones is 1. The number of aromatic hydroxyl groups is 1. The minimum absolute atomic E-state index is 0.154. The molecule has 3 aromatic carbocycles. The maximum Gasteiger partial charge on any atom is 0.292 e. The van der Waals surface area contributed by atoms with Crippen molar-refractivity contribution in [1.82, 2.24) is 40.1 Å².